The first-order chi connectivity index (χ1) is 14.5. The fraction of sp³-hybridized carbons (Fsp3) is 0.190. The molecule has 0 aliphatic carbocycles. The minimum atomic E-state index is -4.35. The van der Waals surface area contributed by atoms with Gasteiger partial charge < -0.3 is 0 Å². The molecule has 3 aromatic heterocycles. The van der Waals surface area contributed by atoms with E-state index in [-0.39, 0.29) is 0 Å². The fourth-order valence-electron chi connectivity index (χ4n) is 2.70. The molecule has 0 unspecified atom stereocenters. The molecular weight excluding hydrogens is 465 g/mol. The van der Waals surface area contributed by atoms with Crippen molar-refractivity contribution in [2.45, 2.75) is 29.1 Å². The maximum absolute atomic E-state index is 12.5. The van der Waals surface area contributed by atoms with Crippen LogP contribution in [0.2, 0.25) is 0 Å². The highest BCUT2D eigenvalue weighted by Gasteiger charge is 2.35. The Kier molecular flexibility index (Phi) is 6.73. The molecule has 31 heavy (non-hydrogen) atoms. The molecule has 3 heterocycles. The topological polar surface area (TPSA) is 52.0 Å². The Bertz CT molecular complexity index is 1270. The molecule has 0 aliphatic rings. The number of hydrogen-bond acceptors (Lipinski definition) is 5. The van der Waals surface area contributed by atoms with E-state index in [9.17, 15) is 21.6 Å². The van der Waals surface area contributed by atoms with Gasteiger partial charge in [0.15, 0.2) is 0 Å². The molecule has 1 aromatic carbocycles. The Labute approximate surface area is 186 Å². The molecule has 0 saturated carbocycles. The second-order valence-electron chi connectivity index (χ2n) is 6.63. The lowest BCUT2D eigenvalue weighted by Gasteiger charge is -2.04. The summed E-state index contributed by atoms with van der Waals surface area (Å²) in [6, 6.07) is 16.7. The minimum Gasteiger partial charge on any atom is -0.263 e. The first-order valence-corrected chi connectivity index (χ1v) is 12.1. The Morgan fingerprint density at radius 1 is 0.903 bits per heavy atom. The van der Waals surface area contributed by atoms with Crippen molar-refractivity contribution in [1.29, 1.82) is 0 Å². The summed E-state index contributed by atoms with van der Waals surface area (Å²) in [5.41, 5.74) is -0.360. The van der Waals surface area contributed by atoms with Gasteiger partial charge in [0, 0.05) is 16.8 Å². The summed E-state index contributed by atoms with van der Waals surface area (Å²) >= 11 is 2.73. The smallest absolute Gasteiger partial charge is 0.263 e. The standard InChI is InChI=1S/C11H10O2S2.C10H9F3N2S/c1-9-7-8-11(14-9)15(12,13)10-5-3-2-4-6-10;1-6-3-4-8(16-6)7-5-9(10(11,12)13)15(2)14-7/h2-8H,1H3;3-5H,1-2H3. The van der Waals surface area contributed by atoms with Crippen molar-refractivity contribution in [3.63, 3.8) is 0 Å². The molecule has 0 fully saturated rings. The molecule has 0 saturated heterocycles. The van der Waals surface area contributed by atoms with Gasteiger partial charge in [-0.05, 0) is 56.3 Å². The third-order valence-corrected chi connectivity index (χ3v) is 8.48. The Morgan fingerprint density at radius 3 is 2.00 bits per heavy atom. The molecule has 0 spiro atoms. The van der Waals surface area contributed by atoms with E-state index in [0.717, 1.165) is 25.4 Å². The van der Waals surface area contributed by atoms with Crippen LogP contribution < -0.4 is 0 Å². The van der Waals surface area contributed by atoms with E-state index in [2.05, 4.69) is 5.10 Å². The highest BCUT2D eigenvalue weighted by molar-refractivity contribution is 7.93. The van der Waals surface area contributed by atoms with E-state index in [1.54, 1.807) is 42.5 Å². The van der Waals surface area contributed by atoms with Gasteiger partial charge in [0.05, 0.1) is 9.77 Å². The molecule has 0 amide bonds. The number of alkyl halides is 3. The van der Waals surface area contributed by atoms with Crippen LogP contribution in [0.5, 0.6) is 0 Å². The van der Waals surface area contributed by atoms with Crippen LogP contribution in [-0.2, 0) is 23.1 Å². The lowest BCUT2D eigenvalue weighted by Crippen LogP contribution is -2.11. The number of sulfone groups is 1. The average Bonchev–Trinajstić information content (AvgIpc) is 3.42. The van der Waals surface area contributed by atoms with Crippen molar-refractivity contribution in [2.75, 3.05) is 0 Å². The van der Waals surface area contributed by atoms with Crippen molar-refractivity contribution in [3.05, 3.63) is 76.1 Å². The fourth-order valence-corrected chi connectivity index (χ4v) is 6.23. The van der Waals surface area contributed by atoms with Gasteiger partial charge in [-0.1, -0.05) is 18.2 Å². The number of hydrogen-bond donors (Lipinski definition) is 0. The van der Waals surface area contributed by atoms with Gasteiger partial charge in [-0.25, -0.2) is 8.42 Å². The summed E-state index contributed by atoms with van der Waals surface area (Å²) in [6.07, 6.45) is -4.35. The van der Waals surface area contributed by atoms with Gasteiger partial charge >= 0.3 is 6.18 Å². The van der Waals surface area contributed by atoms with Crippen LogP contribution in [-0.4, -0.2) is 18.2 Å². The van der Waals surface area contributed by atoms with Gasteiger partial charge in [0.2, 0.25) is 9.84 Å². The van der Waals surface area contributed by atoms with Gasteiger partial charge in [-0.15, -0.1) is 22.7 Å². The number of nitrogens with zero attached hydrogens (tertiary/aromatic N) is 2. The molecule has 0 N–H and O–H groups in total. The minimum absolute atomic E-state index is 0.354. The number of aromatic nitrogens is 2. The lowest BCUT2D eigenvalue weighted by atomic mass is 10.3. The van der Waals surface area contributed by atoms with E-state index in [1.165, 1.54) is 29.7 Å². The van der Waals surface area contributed by atoms with Crippen molar-refractivity contribution in [1.82, 2.24) is 9.78 Å². The normalized spacial score (nSPS) is 11.8. The number of halogens is 3. The number of aryl methyl sites for hydroxylation is 3. The van der Waals surface area contributed by atoms with E-state index in [0.29, 0.717) is 14.8 Å². The monoisotopic (exact) mass is 484 g/mol. The molecule has 0 aliphatic heterocycles. The van der Waals surface area contributed by atoms with Crippen LogP contribution in [0, 0.1) is 13.8 Å². The predicted octanol–water partition coefficient (Wildman–Crippen LogP) is 6.37. The maximum Gasteiger partial charge on any atom is 0.433 e. The van der Waals surface area contributed by atoms with E-state index in [1.807, 2.05) is 26.0 Å². The maximum atomic E-state index is 12.5. The third kappa shape index (κ3) is 5.44. The molecular formula is C21H19F3N2O2S3. The van der Waals surface area contributed by atoms with Crippen LogP contribution in [0.3, 0.4) is 0 Å². The predicted molar refractivity (Wildman–Crippen MR) is 117 cm³/mol. The van der Waals surface area contributed by atoms with E-state index < -0.39 is 21.7 Å². The van der Waals surface area contributed by atoms with Crippen LogP contribution >= 0.6 is 22.7 Å². The number of rotatable bonds is 3. The summed E-state index contributed by atoms with van der Waals surface area (Å²) in [5.74, 6) is 0. The lowest BCUT2D eigenvalue weighted by molar-refractivity contribution is -0.143. The first-order valence-electron chi connectivity index (χ1n) is 9.03. The average molecular weight is 485 g/mol. The van der Waals surface area contributed by atoms with E-state index >= 15 is 0 Å². The second kappa shape index (κ2) is 8.97. The van der Waals surface area contributed by atoms with Gasteiger partial charge in [-0.3, -0.25) is 4.68 Å². The summed E-state index contributed by atoms with van der Waals surface area (Å²) in [6.45, 7) is 3.80. The second-order valence-corrected chi connectivity index (χ2v) is 11.4. The van der Waals surface area contributed by atoms with Crippen molar-refractivity contribution >= 4 is 32.5 Å². The summed E-state index contributed by atoms with van der Waals surface area (Å²) in [4.78, 5) is 3.16. The first kappa shape index (κ1) is 23.2. The largest absolute Gasteiger partial charge is 0.433 e. The SMILES string of the molecule is Cc1ccc(-c2cc(C(F)(F)F)n(C)n2)s1.Cc1ccc(S(=O)(=O)c2ccccc2)s1. The summed E-state index contributed by atoms with van der Waals surface area (Å²) in [7, 11) is -2.00. The van der Waals surface area contributed by atoms with Crippen molar-refractivity contribution in [3.8, 4) is 10.6 Å². The molecule has 4 aromatic rings. The van der Waals surface area contributed by atoms with Gasteiger partial charge in [0.1, 0.15) is 15.6 Å². The van der Waals surface area contributed by atoms with Crippen LogP contribution in [0.1, 0.15) is 15.4 Å². The van der Waals surface area contributed by atoms with Crippen LogP contribution in [0.25, 0.3) is 10.6 Å². The van der Waals surface area contributed by atoms with Crippen molar-refractivity contribution in [2.24, 2.45) is 7.05 Å². The molecule has 4 nitrogen and oxygen atoms in total. The molecule has 164 valence electrons. The zero-order chi connectivity index (χ0) is 22.8. The molecule has 0 atom stereocenters. The Hall–Kier alpha value is -2.43. The third-order valence-electron chi connectivity index (χ3n) is 4.20. The highest BCUT2D eigenvalue weighted by Crippen LogP contribution is 2.33. The summed E-state index contributed by atoms with van der Waals surface area (Å²) in [5, 5.41) is 3.87. The van der Waals surface area contributed by atoms with Crippen molar-refractivity contribution < 1.29 is 21.6 Å². The number of thiophene rings is 2. The Morgan fingerprint density at radius 2 is 1.52 bits per heavy atom. The molecule has 4 rings (SSSR count). The van der Waals surface area contributed by atoms with E-state index in [4.69, 9.17) is 0 Å². The van der Waals surface area contributed by atoms with Crippen LogP contribution in [0.4, 0.5) is 13.2 Å². The summed E-state index contributed by atoms with van der Waals surface area (Å²) < 4.78 is 63.0. The molecule has 0 radical (unpaired) electrons. The van der Waals surface area contributed by atoms with Gasteiger partial charge in [-0.2, -0.15) is 18.3 Å². The van der Waals surface area contributed by atoms with Crippen LogP contribution in [0.15, 0.2) is 69.8 Å². The quantitative estimate of drug-likeness (QED) is 0.340. The molecule has 10 heteroatoms. The Balaban J connectivity index is 0.000000176. The van der Waals surface area contributed by atoms with Gasteiger partial charge in [0.25, 0.3) is 0 Å². The molecule has 0 bridgehead atoms. The number of benzene rings is 1. The zero-order valence-electron chi connectivity index (χ0n) is 16.8. The zero-order valence-corrected chi connectivity index (χ0v) is 19.3. The highest BCUT2D eigenvalue weighted by atomic mass is 32.2.